The number of carbonyl (C=O) groups excluding carboxylic acids is 2. The van der Waals surface area contributed by atoms with E-state index in [0.717, 1.165) is 36.1 Å². The van der Waals surface area contributed by atoms with Gasteiger partial charge < -0.3 is 14.4 Å². The molecule has 0 saturated carbocycles. The van der Waals surface area contributed by atoms with Crippen LogP contribution in [0, 0.1) is 13.8 Å². The Bertz CT molecular complexity index is 661. The highest BCUT2D eigenvalue weighted by atomic mass is 16.5. The fourth-order valence-electron chi connectivity index (χ4n) is 3.35. The number of rotatable bonds is 9. The minimum atomic E-state index is -0.305. The molecule has 0 N–H and O–H groups in total. The van der Waals surface area contributed by atoms with Gasteiger partial charge in [-0.25, -0.2) is 0 Å². The van der Waals surface area contributed by atoms with Crippen molar-refractivity contribution >= 4 is 11.9 Å². The molecule has 148 valence electrons. The molecule has 0 radical (unpaired) electrons. The van der Waals surface area contributed by atoms with Crippen molar-refractivity contribution in [2.24, 2.45) is 0 Å². The number of allylic oxidation sites excluding steroid dienone is 1. The van der Waals surface area contributed by atoms with Gasteiger partial charge in [0, 0.05) is 13.1 Å². The second-order valence-corrected chi connectivity index (χ2v) is 7.07. The number of carbonyl (C=O) groups is 2. The van der Waals surface area contributed by atoms with Crippen molar-refractivity contribution in [3.63, 3.8) is 0 Å². The summed E-state index contributed by atoms with van der Waals surface area (Å²) in [7, 11) is 1.37. The maximum absolute atomic E-state index is 12.7. The van der Waals surface area contributed by atoms with Gasteiger partial charge in [0.1, 0.15) is 5.75 Å². The summed E-state index contributed by atoms with van der Waals surface area (Å²) in [4.78, 5) is 26.0. The summed E-state index contributed by atoms with van der Waals surface area (Å²) in [6.45, 7) is 4.88. The molecule has 1 aromatic rings. The van der Waals surface area contributed by atoms with Crippen LogP contribution in [0.15, 0.2) is 29.8 Å². The van der Waals surface area contributed by atoms with Crippen molar-refractivity contribution in [3.05, 3.63) is 41.0 Å². The number of benzene rings is 1. The number of nitrogens with zero attached hydrogens (tertiary/aromatic N) is 1. The smallest absolute Gasteiger partial charge is 0.307 e. The highest BCUT2D eigenvalue weighted by molar-refractivity contribution is 5.78. The van der Waals surface area contributed by atoms with Crippen LogP contribution in [0.4, 0.5) is 0 Å². The Morgan fingerprint density at radius 2 is 1.85 bits per heavy atom. The zero-order chi connectivity index (χ0) is 19.6. The SMILES string of the molecule is COC(=O)CCN(CCC1=CCCCC1)C(=O)COc1c(C)cccc1C. The van der Waals surface area contributed by atoms with Gasteiger partial charge in [-0.1, -0.05) is 29.8 Å². The number of methoxy groups -OCH3 is 1. The largest absolute Gasteiger partial charge is 0.483 e. The predicted octanol–water partition coefficient (Wildman–Crippen LogP) is 3.96. The topological polar surface area (TPSA) is 55.8 Å². The van der Waals surface area contributed by atoms with Crippen LogP contribution in [-0.2, 0) is 14.3 Å². The molecule has 0 aromatic heterocycles. The number of hydrogen-bond donors (Lipinski definition) is 0. The lowest BCUT2D eigenvalue weighted by Crippen LogP contribution is -2.37. The van der Waals surface area contributed by atoms with Crippen LogP contribution in [0.5, 0.6) is 5.75 Å². The van der Waals surface area contributed by atoms with Crippen LogP contribution < -0.4 is 4.74 Å². The van der Waals surface area contributed by atoms with E-state index in [9.17, 15) is 9.59 Å². The number of aryl methyl sites for hydroxylation is 2. The molecular weight excluding hydrogens is 342 g/mol. The van der Waals surface area contributed by atoms with Crippen LogP contribution >= 0.6 is 0 Å². The van der Waals surface area contributed by atoms with Gasteiger partial charge in [0.25, 0.3) is 5.91 Å². The fourth-order valence-corrected chi connectivity index (χ4v) is 3.35. The Morgan fingerprint density at radius 1 is 1.11 bits per heavy atom. The van der Waals surface area contributed by atoms with Gasteiger partial charge in [-0.05, 0) is 57.1 Å². The molecule has 0 atom stereocenters. The Balaban J connectivity index is 1.96. The molecule has 2 rings (SSSR count). The third-order valence-electron chi connectivity index (χ3n) is 5.00. The first kappa shape index (κ1) is 21.0. The molecule has 0 spiro atoms. The zero-order valence-electron chi connectivity index (χ0n) is 16.8. The number of hydrogen-bond acceptors (Lipinski definition) is 4. The Hall–Kier alpha value is -2.30. The molecule has 1 aliphatic rings. The van der Waals surface area contributed by atoms with Gasteiger partial charge in [0.05, 0.1) is 13.5 Å². The number of esters is 1. The minimum absolute atomic E-state index is 0.0219. The minimum Gasteiger partial charge on any atom is -0.483 e. The van der Waals surface area contributed by atoms with E-state index < -0.39 is 0 Å². The van der Waals surface area contributed by atoms with Crippen LogP contribution in [0.3, 0.4) is 0 Å². The number of ether oxygens (including phenoxy) is 2. The van der Waals surface area contributed by atoms with E-state index in [2.05, 4.69) is 6.08 Å². The molecular formula is C22H31NO4. The lowest BCUT2D eigenvalue weighted by Gasteiger charge is -2.24. The first-order valence-corrected chi connectivity index (χ1v) is 9.72. The average Bonchev–Trinajstić information content (AvgIpc) is 2.68. The standard InChI is InChI=1S/C22H31NO4/c1-17-8-7-9-18(2)22(17)27-16-20(24)23(15-13-21(25)26-3)14-12-19-10-5-4-6-11-19/h7-10H,4-6,11-16H2,1-3H3. The van der Waals surface area contributed by atoms with E-state index in [4.69, 9.17) is 9.47 Å². The molecule has 0 saturated heterocycles. The second-order valence-electron chi connectivity index (χ2n) is 7.07. The molecule has 27 heavy (non-hydrogen) atoms. The van der Waals surface area contributed by atoms with Gasteiger partial charge in [0.2, 0.25) is 0 Å². The molecule has 0 bridgehead atoms. The first-order chi connectivity index (χ1) is 13.0. The predicted molar refractivity (Wildman–Crippen MR) is 106 cm³/mol. The molecule has 5 heteroatoms. The normalized spacial score (nSPS) is 13.7. The summed E-state index contributed by atoms with van der Waals surface area (Å²) in [5, 5.41) is 0. The molecule has 0 heterocycles. The Morgan fingerprint density at radius 3 is 2.48 bits per heavy atom. The van der Waals surface area contributed by atoms with E-state index >= 15 is 0 Å². The Kier molecular flexibility index (Phi) is 8.37. The fraction of sp³-hybridized carbons (Fsp3) is 0.545. The molecule has 0 aliphatic heterocycles. The highest BCUT2D eigenvalue weighted by Crippen LogP contribution is 2.23. The van der Waals surface area contributed by atoms with Crippen molar-refractivity contribution in [3.8, 4) is 5.75 Å². The van der Waals surface area contributed by atoms with E-state index in [0.29, 0.717) is 13.1 Å². The maximum Gasteiger partial charge on any atom is 0.307 e. The van der Waals surface area contributed by atoms with Gasteiger partial charge in [0.15, 0.2) is 6.61 Å². The van der Waals surface area contributed by atoms with Gasteiger partial charge >= 0.3 is 5.97 Å². The van der Waals surface area contributed by atoms with E-state index in [1.807, 2.05) is 32.0 Å². The summed E-state index contributed by atoms with van der Waals surface area (Å²) in [5.74, 6) is 0.354. The number of para-hydroxylation sites is 1. The average molecular weight is 373 g/mol. The van der Waals surface area contributed by atoms with E-state index in [1.165, 1.54) is 25.5 Å². The molecule has 1 aromatic carbocycles. The summed E-state index contributed by atoms with van der Waals surface area (Å²) in [6.07, 6.45) is 8.05. The van der Waals surface area contributed by atoms with Crippen LogP contribution in [0.25, 0.3) is 0 Å². The van der Waals surface area contributed by atoms with Crippen LogP contribution in [0.2, 0.25) is 0 Å². The molecule has 0 unspecified atom stereocenters. The quantitative estimate of drug-likeness (QED) is 0.486. The second kappa shape index (κ2) is 10.8. The summed E-state index contributed by atoms with van der Waals surface area (Å²) >= 11 is 0. The van der Waals surface area contributed by atoms with Crippen molar-refractivity contribution in [2.45, 2.75) is 52.4 Å². The molecule has 1 aliphatic carbocycles. The molecule has 5 nitrogen and oxygen atoms in total. The molecule has 0 fully saturated rings. The van der Waals surface area contributed by atoms with Gasteiger partial charge in [-0.15, -0.1) is 0 Å². The summed E-state index contributed by atoms with van der Waals surface area (Å²) in [5.41, 5.74) is 3.43. The van der Waals surface area contributed by atoms with Crippen molar-refractivity contribution in [2.75, 3.05) is 26.8 Å². The van der Waals surface area contributed by atoms with Gasteiger partial charge in [-0.3, -0.25) is 9.59 Å². The van der Waals surface area contributed by atoms with Crippen molar-refractivity contribution in [1.82, 2.24) is 4.90 Å². The first-order valence-electron chi connectivity index (χ1n) is 9.72. The summed E-state index contributed by atoms with van der Waals surface area (Å²) in [6, 6.07) is 5.91. The van der Waals surface area contributed by atoms with Crippen LogP contribution in [0.1, 0.15) is 49.7 Å². The van der Waals surface area contributed by atoms with E-state index in [-0.39, 0.29) is 24.9 Å². The lowest BCUT2D eigenvalue weighted by molar-refractivity contribution is -0.142. The van der Waals surface area contributed by atoms with E-state index in [1.54, 1.807) is 4.90 Å². The third-order valence-corrected chi connectivity index (χ3v) is 5.00. The zero-order valence-corrected chi connectivity index (χ0v) is 16.8. The maximum atomic E-state index is 12.7. The lowest BCUT2D eigenvalue weighted by atomic mass is 9.97. The molecule has 1 amide bonds. The van der Waals surface area contributed by atoms with Crippen molar-refractivity contribution < 1.29 is 19.1 Å². The summed E-state index contributed by atoms with van der Waals surface area (Å²) < 4.78 is 10.5. The third kappa shape index (κ3) is 6.74. The van der Waals surface area contributed by atoms with Gasteiger partial charge in [-0.2, -0.15) is 0 Å². The monoisotopic (exact) mass is 373 g/mol. The van der Waals surface area contributed by atoms with Crippen LogP contribution in [-0.4, -0.2) is 43.6 Å². The van der Waals surface area contributed by atoms with Crippen molar-refractivity contribution in [1.29, 1.82) is 0 Å². The Labute approximate surface area is 162 Å². The number of amides is 1. The highest BCUT2D eigenvalue weighted by Gasteiger charge is 2.18.